The zero-order valence-corrected chi connectivity index (χ0v) is 12.0. The van der Waals surface area contributed by atoms with Crippen molar-refractivity contribution in [2.45, 2.75) is 5.41 Å². The Hall–Kier alpha value is -2.39. The molecular formula is C18H18O3. The van der Waals surface area contributed by atoms with Gasteiger partial charge in [-0.1, -0.05) is 67.3 Å². The maximum atomic E-state index is 12.4. The quantitative estimate of drug-likeness (QED) is 0.858. The number of carbonyl (C=O) groups is 1. The Balaban J connectivity index is 2.64. The van der Waals surface area contributed by atoms with E-state index in [4.69, 9.17) is 4.74 Å². The molecule has 0 radical (unpaired) electrons. The van der Waals surface area contributed by atoms with Gasteiger partial charge in [-0.3, -0.25) is 4.79 Å². The number of carbonyl (C=O) groups excluding carboxylic acids is 1. The van der Waals surface area contributed by atoms with Crippen molar-refractivity contribution < 1.29 is 14.6 Å². The predicted octanol–water partition coefficient (Wildman–Crippen LogP) is 2.78. The van der Waals surface area contributed by atoms with Crippen molar-refractivity contribution in [3.05, 3.63) is 77.9 Å². The smallest absolute Gasteiger partial charge is 0.323 e. The monoisotopic (exact) mass is 282 g/mol. The van der Waals surface area contributed by atoms with Crippen LogP contribution >= 0.6 is 0 Å². The molecule has 2 rings (SSSR count). The summed E-state index contributed by atoms with van der Waals surface area (Å²) in [5.74, 6) is -0.484. The zero-order valence-electron chi connectivity index (χ0n) is 12.0. The lowest BCUT2D eigenvalue weighted by molar-refractivity contribution is -0.147. The second-order valence-electron chi connectivity index (χ2n) is 4.75. The summed E-state index contributed by atoms with van der Waals surface area (Å²) in [5.41, 5.74) is 1.12. The molecule has 1 unspecified atom stereocenters. The number of benzene rings is 2. The molecule has 3 nitrogen and oxygen atoms in total. The van der Waals surface area contributed by atoms with Gasteiger partial charge in [0.25, 0.3) is 0 Å². The molecule has 0 amide bonds. The molecule has 0 aliphatic carbocycles. The Morgan fingerprint density at radius 3 is 2.19 bits per heavy atom. The van der Waals surface area contributed by atoms with Crippen molar-refractivity contribution >= 4 is 12.0 Å². The number of aliphatic hydroxyl groups is 1. The molecule has 0 heterocycles. The molecule has 0 aromatic heterocycles. The SMILES string of the molecule is C=Cc1ccc(C(CO)(C(=O)OC)c2ccccc2)cc1. The molecule has 3 heteroatoms. The first-order valence-corrected chi connectivity index (χ1v) is 6.67. The fourth-order valence-corrected chi connectivity index (χ4v) is 2.45. The molecule has 108 valence electrons. The van der Waals surface area contributed by atoms with Crippen molar-refractivity contribution in [1.29, 1.82) is 0 Å². The summed E-state index contributed by atoms with van der Waals surface area (Å²) >= 11 is 0. The summed E-state index contributed by atoms with van der Waals surface area (Å²) in [6, 6.07) is 16.5. The largest absolute Gasteiger partial charge is 0.468 e. The first-order chi connectivity index (χ1) is 10.2. The predicted molar refractivity (Wildman–Crippen MR) is 82.9 cm³/mol. The standard InChI is InChI=1S/C18H18O3/c1-3-14-9-11-16(12-10-14)18(13-19,17(20)21-2)15-7-5-4-6-8-15/h3-12,19H,1,13H2,2H3. The highest BCUT2D eigenvalue weighted by Crippen LogP contribution is 2.33. The highest BCUT2D eigenvalue weighted by atomic mass is 16.5. The van der Waals surface area contributed by atoms with E-state index in [-0.39, 0.29) is 6.61 Å². The second-order valence-corrected chi connectivity index (χ2v) is 4.75. The first-order valence-electron chi connectivity index (χ1n) is 6.67. The molecule has 0 saturated carbocycles. The molecule has 0 saturated heterocycles. The van der Waals surface area contributed by atoms with Gasteiger partial charge in [-0.25, -0.2) is 0 Å². The summed E-state index contributed by atoms with van der Waals surface area (Å²) < 4.78 is 4.95. The molecule has 21 heavy (non-hydrogen) atoms. The highest BCUT2D eigenvalue weighted by molar-refractivity contribution is 5.88. The van der Waals surface area contributed by atoms with Crippen LogP contribution in [-0.2, 0) is 14.9 Å². The van der Waals surface area contributed by atoms with Crippen LogP contribution in [0.4, 0.5) is 0 Å². The Kier molecular flexibility index (Phi) is 4.55. The normalized spacial score (nSPS) is 13.2. The van der Waals surface area contributed by atoms with Gasteiger partial charge in [0.15, 0.2) is 0 Å². The fourth-order valence-electron chi connectivity index (χ4n) is 2.45. The van der Waals surface area contributed by atoms with Gasteiger partial charge >= 0.3 is 5.97 Å². The Morgan fingerprint density at radius 1 is 1.14 bits per heavy atom. The number of rotatable bonds is 5. The van der Waals surface area contributed by atoms with E-state index < -0.39 is 11.4 Å². The maximum absolute atomic E-state index is 12.4. The number of hydrogen-bond acceptors (Lipinski definition) is 3. The molecule has 0 spiro atoms. The molecule has 1 atom stereocenters. The van der Waals surface area contributed by atoms with Crippen molar-refractivity contribution in [1.82, 2.24) is 0 Å². The van der Waals surface area contributed by atoms with Crippen LogP contribution in [0.15, 0.2) is 61.2 Å². The van der Waals surface area contributed by atoms with Crippen LogP contribution < -0.4 is 0 Å². The molecule has 1 N–H and O–H groups in total. The molecule has 0 bridgehead atoms. The van der Waals surface area contributed by atoms with E-state index in [1.165, 1.54) is 7.11 Å². The lowest BCUT2D eigenvalue weighted by atomic mass is 9.75. The van der Waals surface area contributed by atoms with Gasteiger partial charge < -0.3 is 9.84 Å². The fraction of sp³-hybridized carbons (Fsp3) is 0.167. The Bertz CT molecular complexity index is 617. The van der Waals surface area contributed by atoms with Crippen LogP contribution in [0.1, 0.15) is 16.7 Å². The zero-order chi connectivity index (χ0) is 15.3. The van der Waals surface area contributed by atoms with Gasteiger partial charge in [-0.15, -0.1) is 0 Å². The van der Waals surface area contributed by atoms with Crippen LogP contribution in [0.25, 0.3) is 6.08 Å². The van der Waals surface area contributed by atoms with E-state index in [9.17, 15) is 9.90 Å². The van der Waals surface area contributed by atoms with Crippen molar-refractivity contribution in [3.8, 4) is 0 Å². The van der Waals surface area contributed by atoms with E-state index in [0.717, 1.165) is 5.56 Å². The molecule has 2 aromatic carbocycles. The third kappa shape index (κ3) is 2.60. The second kappa shape index (κ2) is 6.37. The number of esters is 1. The molecule has 0 aliphatic rings. The third-order valence-corrected chi connectivity index (χ3v) is 3.68. The van der Waals surface area contributed by atoms with E-state index in [0.29, 0.717) is 11.1 Å². The lowest BCUT2D eigenvalue weighted by Gasteiger charge is -2.30. The van der Waals surface area contributed by atoms with E-state index in [1.54, 1.807) is 6.08 Å². The van der Waals surface area contributed by atoms with Gasteiger partial charge in [0.05, 0.1) is 13.7 Å². The Morgan fingerprint density at radius 2 is 1.71 bits per heavy atom. The summed E-state index contributed by atoms with van der Waals surface area (Å²) in [7, 11) is 1.33. The molecule has 0 aliphatic heterocycles. The number of hydrogen-bond donors (Lipinski definition) is 1. The van der Waals surface area contributed by atoms with Crippen molar-refractivity contribution in [2.24, 2.45) is 0 Å². The topological polar surface area (TPSA) is 46.5 Å². The van der Waals surface area contributed by atoms with Gasteiger partial charge in [0.1, 0.15) is 5.41 Å². The number of methoxy groups -OCH3 is 1. The van der Waals surface area contributed by atoms with E-state index in [1.807, 2.05) is 54.6 Å². The summed E-state index contributed by atoms with van der Waals surface area (Å²) in [4.78, 5) is 12.4. The minimum atomic E-state index is -1.21. The summed E-state index contributed by atoms with van der Waals surface area (Å²) in [5, 5.41) is 9.99. The first kappa shape index (κ1) is 15.0. The summed E-state index contributed by atoms with van der Waals surface area (Å²) in [6.07, 6.45) is 1.73. The van der Waals surface area contributed by atoms with Gasteiger partial charge in [0.2, 0.25) is 0 Å². The van der Waals surface area contributed by atoms with Crippen LogP contribution in [0, 0.1) is 0 Å². The number of aliphatic hydroxyl groups excluding tert-OH is 1. The maximum Gasteiger partial charge on any atom is 0.323 e. The minimum Gasteiger partial charge on any atom is -0.468 e. The average molecular weight is 282 g/mol. The third-order valence-electron chi connectivity index (χ3n) is 3.68. The van der Waals surface area contributed by atoms with Gasteiger partial charge in [-0.2, -0.15) is 0 Å². The highest BCUT2D eigenvalue weighted by Gasteiger charge is 2.42. The van der Waals surface area contributed by atoms with Crippen LogP contribution in [0.5, 0.6) is 0 Å². The minimum absolute atomic E-state index is 0.364. The Labute approximate surface area is 124 Å². The van der Waals surface area contributed by atoms with Crippen LogP contribution in [0.2, 0.25) is 0 Å². The number of ether oxygens (including phenoxy) is 1. The van der Waals surface area contributed by atoms with Crippen LogP contribution in [-0.4, -0.2) is 24.8 Å². The van der Waals surface area contributed by atoms with Crippen molar-refractivity contribution in [2.75, 3.05) is 13.7 Å². The lowest BCUT2D eigenvalue weighted by Crippen LogP contribution is -2.41. The summed E-state index contributed by atoms with van der Waals surface area (Å²) in [6.45, 7) is 3.35. The molecule has 0 fully saturated rings. The van der Waals surface area contributed by atoms with E-state index in [2.05, 4.69) is 6.58 Å². The average Bonchev–Trinajstić information content (AvgIpc) is 2.57. The van der Waals surface area contributed by atoms with Gasteiger partial charge in [-0.05, 0) is 16.7 Å². The molecule has 2 aromatic rings. The van der Waals surface area contributed by atoms with Gasteiger partial charge in [0, 0.05) is 0 Å². The van der Waals surface area contributed by atoms with Crippen LogP contribution in [0.3, 0.4) is 0 Å². The van der Waals surface area contributed by atoms with E-state index >= 15 is 0 Å². The molecular weight excluding hydrogens is 264 g/mol. The van der Waals surface area contributed by atoms with Crippen molar-refractivity contribution in [3.63, 3.8) is 0 Å².